The number of halogens is 1. The molecule has 1 aliphatic rings. The van der Waals surface area contributed by atoms with Crippen LogP contribution in [0.4, 0.5) is 0 Å². The molecule has 5 nitrogen and oxygen atoms in total. The van der Waals surface area contributed by atoms with E-state index in [9.17, 15) is 0 Å². The van der Waals surface area contributed by atoms with Gasteiger partial charge in [0.05, 0.1) is 19.3 Å². The second-order valence-corrected chi connectivity index (χ2v) is 7.61. The van der Waals surface area contributed by atoms with Crippen molar-refractivity contribution < 1.29 is 9.47 Å². The summed E-state index contributed by atoms with van der Waals surface area (Å²) in [6, 6.07) is 17.1. The lowest BCUT2D eigenvalue weighted by molar-refractivity contribution is -0.0390. The van der Waals surface area contributed by atoms with E-state index in [0.29, 0.717) is 19.3 Å². The van der Waals surface area contributed by atoms with Crippen LogP contribution in [0.25, 0.3) is 0 Å². The quantitative estimate of drug-likeness (QED) is 0.274. The minimum absolute atomic E-state index is 0. The first kappa shape index (κ1) is 25.6. The molecule has 0 unspecified atom stereocenters. The predicted octanol–water partition coefficient (Wildman–Crippen LogP) is 4.82. The number of hydrogen-bond donors (Lipinski definition) is 2. The van der Waals surface area contributed by atoms with Gasteiger partial charge in [-0.15, -0.1) is 24.0 Å². The van der Waals surface area contributed by atoms with Gasteiger partial charge in [0.1, 0.15) is 0 Å². The van der Waals surface area contributed by atoms with Crippen LogP contribution >= 0.6 is 24.0 Å². The van der Waals surface area contributed by atoms with Gasteiger partial charge in [0.15, 0.2) is 5.96 Å². The van der Waals surface area contributed by atoms with E-state index in [1.165, 1.54) is 22.3 Å². The second kappa shape index (κ2) is 14.4. The van der Waals surface area contributed by atoms with Gasteiger partial charge in [0.25, 0.3) is 0 Å². The number of hydrogen-bond acceptors (Lipinski definition) is 3. The van der Waals surface area contributed by atoms with Crippen molar-refractivity contribution in [2.24, 2.45) is 4.99 Å². The van der Waals surface area contributed by atoms with Crippen LogP contribution in [0, 0.1) is 0 Å². The fourth-order valence-corrected chi connectivity index (χ4v) is 3.64. The summed E-state index contributed by atoms with van der Waals surface area (Å²) in [5, 5.41) is 6.81. The first-order valence-electron chi connectivity index (χ1n) is 11.1. The van der Waals surface area contributed by atoms with Crippen LogP contribution in [0.3, 0.4) is 0 Å². The van der Waals surface area contributed by atoms with Crippen LogP contribution in [0.2, 0.25) is 0 Å². The fourth-order valence-electron chi connectivity index (χ4n) is 3.64. The Morgan fingerprint density at radius 1 is 1.00 bits per heavy atom. The smallest absolute Gasteiger partial charge is 0.191 e. The Hall–Kier alpha value is -1.64. The van der Waals surface area contributed by atoms with Gasteiger partial charge in [0.2, 0.25) is 0 Å². The summed E-state index contributed by atoms with van der Waals surface area (Å²) < 4.78 is 11.5. The van der Waals surface area contributed by atoms with Crippen molar-refractivity contribution in [1.29, 1.82) is 0 Å². The lowest BCUT2D eigenvalue weighted by Crippen LogP contribution is -2.37. The summed E-state index contributed by atoms with van der Waals surface area (Å²) in [7, 11) is 0. The van der Waals surface area contributed by atoms with Gasteiger partial charge in [-0.2, -0.15) is 0 Å². The highest BCUT2D eigenvalue weighted by Crippen LogP contribution is 2.15. The molecule has 0 aromatic heterocycles. The molecular formula is C25H36IN3O2. The monoisotopic (exact) mass is 537 g/mol. The molecule has 0 radical (unpaired) electrons. The van der Waals surface area contributed by atoms with E-state index in [1.54, 1.807) is 0 Å². The van der Waals surface area contributed by atoms with E-state index in [0.717, 1.165) is 51.5 Å². The van der Waals surface area contributed by atoms with E-state index < -0.39 is 0 Å². The lowest BCUT2D eigenvalue weighted by atomic mass is 10.1. The highest BCUT2D eigenvalue weighted by atomic mass is 127. The average Bonchev–Trinajstić information content (AvgIpc) is 2.80. The summed E-state index contributed by atoms with van der Waals surface area (Å²) in [4.78, 5) is 4.78. The number of benzene rings is 2. The van der Waals surface area contributed by atoms with Crippen molar-refractivity contribution >= 4 is 29.9 Å². The SMILES string of the molecule is CCNC(=NCc1cccc(COC2CCOCC2)c1)NCc1ccccc1CC.I. The molecule has 2 aromatic carbocycles. The predicted molar refractivity (Wildman–Crippen MR) is 138 cm³/mol. The summed E-state index contributed by atoms with van der Waals surface area (Å²) in [5.74, 6) is 0.840. The molecule has 0 bridgehead atoms. The van der Waals surface area contributed by atoms with Crippen LogP contribution in [0.5, 0.6) is 0 Å². The van der Waals surface area contributed by atoms with Gasteiger partial charge in [0, 0.05) is 26.3 Å². The average molecular weight is 537 g/mol. The van der Waals surface area contributed by atoms with Crippen molar-refractivity contribution in [1.82, 2.24) is 10.6 Å². The van der Waals surface area contributed by atoms with Crippen LogP contribution in [-0.4, -0.2) is 31.8 Å². The third kappa shape index (κ3) is 8.79. The molecule has 0 saturated carbocycles. The summed E-state index contributed by atoms with van der Waals surface area (Å²) in [6.07, 6.45) is 3.33. The zero-order chi connectivity index (χ0) is 21.0. The lowest BCUT2D eigenvalue weighted by Gasteiger charge is -2.22. The van der Waals surface area contributed by atoms with E-state index in [-0.39, 0.29) is 24.0 Å². The molecule has 0 spiro atoms. The molecule has 2 aromatic rings. The van der Waals surface area contributed by atoms with Crippen LogP contribution < -0.4 is 10.6 Å². The highest BCUT2D eigenvalue weighted by Gasteiger charge is 2.14. The maximum Gasteiger partial charge on any atom is 0.191 e. The summed E-state index contributed by atoms with van der Waals surface area (Å²) in [6.45, 7) is 8.78. The van der Waals surface area contributed by atoms with Crippen molar-refractivity contribution in [2.75, 3.05) is 19.8 Å². The molecule has 170 valence electrons. The molecule has 1 fully saturated rings. The Labute approximate surface area is 204 Å². The number of nitrogens with zero attached hydrogens (tertiary/aromatic N) is 1. The number of rotatable bonds is 9. The molecular weight excluding hydrogens is 501 g/mol. The van der Waals surface area contributed by atoms with Gasteiger partial charge in [-0.1, -0.05) is 55.5 Å². The number of aryl methyl sites for hydroxylation is 1. The number of nitrogens with one attached hydrogen (secondary N) is 2. The Kier molecular flexibility index (Phi) is 11.9. The second-order valence-electron chi connectivity index (χ2n) is 7.61. The first-order valence-corrected chi connectivity index (χ1v) is 11.1. The van der Waals surface area contributed by atoms with E-state index in [4.69, 9.17) is 14.5 Å². The first-order chi connectivity index (χ1) is 14.8. The van der Waals surface area contributed by atoms with Crippen LogP contribution in [0.15, 0.2) is 53.5 Å². The molecule has 0 amide bonds. The van der Waals surface area contributed by atoms with E-state index in [2.05, 4.69) is 73.0 Å². The number of guanidine groups is 1. The standard InChI is InChI=1S/C25H35N3O2.HI/c1-3-22-10-5-6-11-23(22)18-28-25(26-4-2)27-17-20-8-7-9-21(16-20)19-30-24-12-14-29-15-13-24;/h5-11,16,24H,3-4,12-15,17-19H2,1-2H3,(H2,26,27,28);1H. The minimum Gasteiger partial charge on any atom is -0.381 e. The minimum atomic E-state index is 0. The molecule has 0 aliphatic carbocycles. The van der Waals surface area contributed by atoms with E-state index in [1.807, 2.05) is 0 Å². The summed E-state index contributed by atoms with van der Waals surface area (Å²) in [5.41, 5.74) is 5.08. The van der Waals surface area contributed by atoms with Crippen molar-refractivity contribution in [3.63, 3.8) is 0 Å². The zero-order valence-electron chi connectivity index (χ0n) is 18.7. The molecule has 0 atom stereocenters. The van der Waals surface area contributed by atoms with Gasteiger partial charge in [-0.05, 0) is 48.4 Å². The number of aliphatic imine (C=N–C) groups is 1. The third-order valence-electron chi connectivity index (χ3n) is 5.35. The zero-order valence-corrected chi connectivity index (χ0v) is 21.1. The molecule has 1 aliphatic heterocycles. The maximum atomic E-state index is 6.06. The molecule has 6 heteroatoms. The van der Waals surface area contributed by atoms with Crippen LogP contribution in [0.1, 0.15) is 48.9 Å². The normalized spacial score (nSPS) is 14.7. The Balaban J connectivity index is 0.00000341. The maximum absolute atomic E-state index is 6.06. The van der Waals surface area contributed by atoms with Crippen molar-refractivity contribution in [2.45, 2.75) is 58.9 Å². The summed E-state index contributed by atoms with van der Waals surface area (Å²) >= 11 is 0. The van der Waals surface area contributed by atoms with Crippen molar-refractivity contribution in [3.8, 4) is 0 Å². The molecule has 3 rings (SSSR count). The Bertz CT molecular complexity index is 807. The Morgan fingerprint density at radius 3 is 2.48 bits per heavy atom. The van der Waals surface area contributed by atoms with Gasteiger partial charge < -0.3 is 20.1 Å². The molecule has 31 heavy (non-hydrogen) atoms. The van der Waals surface area contributed by atoms with E-state index >= 15 is 0 Å². The number of ether oxygens (including phenoxy) is 2. The van der Waals surface area contributed by atoms with Gasteiger partial charge >= 0.3 is 0 Å². The Morgan fingerprint density at radius 2 is 1.74 bits per heavy atom. The van der Waals surface area contributed by atoms with Crippen molar-refractivity contribution in [3.05, 3.63) is 70.8 Å². The topological polar surface area (TPSA) is 54.9 Å². The van der Waals surface area contributed by atoms with Crippen LogP contribution in [-0.2, 0) is 35.6 Å². The molecule has 1 saturated heterocycles. The molecule has 1 heterocycles. The third-order valence-corrected chi connectivity index (χ3v) is 5.35. The highest BCUT2D eigenvalue weighted by molar-refractivity contribution is 14.0. The largest absolute Gasteiger partial charge is 0.381 e. The van der Waals surface area contributed by atoms with Gasteiger partial charge in [-0.3, -0.25) is 0 Å². The fraction of sp³-hybridized carbons (Fsp3) is 0.480. The van der Waals surface area contributed by atoms with Gasteiger partial charge in [-0.25, -0.2) is 4.99 Å². The molecule has 2 N–H and O–H groups in total.